The van der Waals surface area contributed by atoms with Gasteiger partial charge in [-0.1, -0.05) is 24.3 Å². The van der Waals surface area contributed by atoms with Crippen LogP contribution in [0.15, 0.2) is 36.4 Å². The quantitative estimate of drug-likeness (QED) is 0.465. The molecule has 0 aliphatic carbocycles. The van der Waals surface area contributed by atoms with Gasteiger partial charge in [-0.05, 0) is 66.3 Å². The summed E-state index contributed by atoms with van der Waals surface area (Å²) in [7, 11) is 8.02. The molecule has 1 aliphatic rings. The Kier molecular flexibility index (Phi) is 7.40. The Morgan fingerprint density at radius 2 is 1.20 bits per heavy atom. The Balaban J connectivity index is 1.82. The van der Waals surface area contributed by atoms with Crippen LogP contribution >= 0.6 is 0 Å². The third kappa shape index (κ3) is 5.35. The fraction of sp³-hybridized carbons (Fsp3) is 0.440. The van der Waals surface area contributed by atoms with Gasteiger partial charge in [-0.15, -0.1) is 0 Å². The van der Waals surface area contributed by atoms with Crippen molar-refractivity contribution in [1.82, 2.24) is 9.80 Å². The molecule has 1 aliphatic heterocycles. The highest BCUT2D eigenvalue weighted by molar-refractivity contribution is 6.01. The van der Waals surface area contributed by atoms with Crippen LogP contribution in [0.5, 0.6) is 11.5 Å². The number of para-hydroxylation sites is 2. The molecular formula is C25H32N2O3. The molecule has 0 radical (unpaired) electrons. The lowest BCUT2D eigenvalue weighted by atomic mass is 9.92. The zero-order chi connectivity index (χ0) is 21.7. The maximum Gasteiger partial charge on any atom is 0.166 e. The number of hydrogen-bond donors (Lipinski definition) is 0. The zero-order valence-electron chi connectivity index (χ0n) is 18.5. The monoisotopic (exact) mass is 408 g/mol. The summed E-state index contributed by atoms with van der Waals surface area (Å²) in [6.45, 7) is 1.74. The number of Topliss-reactive ketones (excluding diaryl/α,β-unsaturated/α-hetero) is 2. The summed E-state index contributed by atoms with van der Waals surface area (Å²) in [6.07, 6.45) is 3.25. The minimum Gasteiger partial charge on any atom is -0.455 e. The van der Waals surface area contributed by atoms with Crippen LogP contribution in [0, 0.1) is 0 Å². The van der Waals surface area contributed by atoms with Gasteiger partial charge in [0.2, 0.25) is 0 Å². The summed E-state index contributed by atoms with van der Waals surface area (Å²) >= 11 is 0. The third-order valence-corrected chi connectivity index (χ3v) is 5.40. The van der Waals surface area contributed by atoms with Crippen LogP contribution in [-0.4, -0.2) is 62.6 Å². The van der Waals surface area contributed by atoms with Crippen molar-refractivity contribution in [2.24, 2.45) is 0 Å². The number of hydrogen-bond acceptors (Lipinski definition) is 5. The molecule has 0 spiro atoms. The van der Waals surface area contributed by atoms with Gasteiger partial charge in [0, 0.05) is 30.4 Å². The first-order chi connectivity index (χ1) is 14.4. The number of ketones is 2. The van der Waals surface area contributed by atoms with Gasteiger partial charge < -0.3 is 14.5 Å². The van der Waals surface area contributed by atoms with Gasteiger partial charge >= 0.3 is 0 Å². The van der Waals surface area contributed by atoms with Crippen molar-refractivity contribution < 1.29 is 14.3 Å². The first-order valence-corrected chi connectivity index (χ1v) is 10.6. The molecule has 0 unspecified atom stereocenters. The topological polar surface area (TPSA) is 49.9 Å². The molecule has 5 nitrogen and oxygen atoms in total. The summed E-state index contributed by atoms with van der Waals surface area (Å²) in [5.74, 6) is 1.42. The van der Waals surface area contributed by atoms with Gasteiger partial charge in [-0.25, -0.2) is 0 Å². The van der Waals surface area contributed by atoms with E-state index in [0.29, 0.717) is 41.9 Å². The van der Waals surface area contributed by atoms with Crippen molar-refractivity contribution in [3.8, 4) is 11.5 Å². The van der Waals surface area contributed by atoms with Gasteiger partial charge in [0.25, 0.3) is 0 Å². The highest BCUT2D eigenvalue weighted by atomic mass is 16.5. The lowest BCUT2D eigenvalue weighted by molar-refractivity contribution is 0.0970. The number of fused-ring (bicyclic) bond motifs is 2. The minimum absolute atomic E-state index is 0.0898. The third-order valence-electron chi connectivity index (χ3n) is 5.40. The van der Waals surface area contributed by atoms with Crippen LogP contribution in [0.3, 0.4) is 0 Å². The fourth-order valence-corrected chi connectivity index (χ4v) is 3.82. The molecule has 0 saturated heterocycles. The van der Waals surface area contributed by atoms with E-state index in [1.54, 1.807) is 0 Å². The van der Waals surface area contributed by atoms with Crippen molar-refractivity contribution in [2.45, 2.75) is 32.1 Å². The second-order valence-electron chi connectivity index (χ2n) is 8.53. The Hall–Kier alpha value is -2.50. The van der Waals surface area contributed by atoms with E-state index in [1.807, 2.05) is 64.6 Å². The van der Waals surface area contributed by atoms with Crippen LogP contribution in [0.2, 0.25) is 0 Å². The zero-order valence-corrected chi connectivity index (χ0v) is 18.5. The molecule has 0 amide bonds. The molecule has 1 heterocycles. The summed E-state index contributed by atoms with van der Waals surface area (Å²) in [4.78, 5) is 29.9. The van der Waals surface area contributed by atoms with E-state index in [4.69, 9.17) is 4.74 Å². The molecule has 0 N–H and O–H groups in total. The Bertz CT molecular complexity index is 845. The van der Waals surface area contributed by atoms with Crippen LogP contribution in [0.1, 0.15) is 57.5 Å². The number of carbonyl (C=O) groups is 2. The molecule has 3 rings (SSSR count). The predicted molar refractivity (Wildman–Crippen MR) is 120 cm³/mol. The van der Waals surface area contributed by atoms with Crippen LogP contribution in [0.4, 0.5) is 0 Å². The molecular weight excluding hydrogens is 376 g/mol. The highest BCUT2D eigenvalue weighted by Gasteiger charge is 2.26. The van der Waals surface area contributed by atoms with Gasteiger partial charge in [0.05, 0.1) is 11.1 Å². The highest BCUT2D eigenvalue weighted by Crippen LogP contribution is 2.41. The van der Waals surface area contributed by atoms with Crippen molar-refractivity contribution >= 4 is 11.6 Å². The molecule has 0 atom stereocenters. The summed E-state index contributed by atoms with van der Waals surface area (Å²) in [5.41, 5.74) is 3.23. The van der Waals surface area contributed by atoms with Crippen molar-refractivity contribution in [3.63, 3.8) is 0 Å². The standard InChI is InChI=1S/C25H32N2O3/c1-26(2)15-7-13-22(28)20-11-5-9-18-17-19-10-6-12-21(25(19)30-24(18)20)23(29)14-8-16-27(3)4/h5-6,9-12H,7-8,13-17H2,1-4H3. The van der Waals surface area contributed by atoms with Crippen molar-refractivity contribution in [1.29, 1.82) is 0 Å². The second kappa shape index (κ2) is 10.0. The fourth-order valence-electron chi connectivity index (χ4n) is 3.82. The molecule has 30 heavy (non-hydrogen) atoms. The summed E-state index contributed by atoms with van der Waals surface area (Å²) in [6, 6.07) is 11.5. The molecule has 2 aromatic rings. The normalized spacial score (nSPS) is 12.5. The number of nitrogens with zero attached hydrogens (tertiary/aromatic N) is 2. The molecule has 2 aromatic carbocycles. The number of ether oxygens (including phenoxy) is 1. The molecule has 0 saturated carbocycles. The molecule has 5 heteroatoms. The van der Waals surface area contributed by atoms with Crippen LogP contribution < -0.4 is 4.74 Å². The SMILES string of the molecule is CN(C)CCCC(=O)c1cccc2c1Oc1c(cccc1C(=O)CCCN(C)C)C2. The van der Waals surface area contributed by atoms with Gasteiger partial charge in [-0.3, -0.25) is 9.59 Å². The average Bonchev–Trinajstić information content (AvgIpc) is 2.70. The largest absolute Gasteiger partial charge is 0.455 e. The molecule has 0 bridgehead atoms. The van der Waals surface area contributed by atoms with Gasteiger partial charge in [0.1, 0.15) is 11.5 Å². The van der Waals surface area contributed by atoms with Crippen molar-refractivity contribution in [3.05, 3.63) is 58.7 Å². The van der Waals surface area contributed by atoms with E-state index in [9.17, 15) is 9.59 Å². The second-order valence-corrected chi connectivity index (χ2v) is 8.53. The van der Waals surface area contributed by atoms with Gasteiger partial charge in [0.15, 0.2) is 11.6 Å². The Morgan fingerprint density at radius 1 is 0.767 bits per heavy atom. The first-order valence-electron chi connectivity index (χ1n) is 10.6. The first kappa shape index (κ1) is 22.2. The van der Waals surface area contributed by atoms with Crippen molar-refractivity contribution in [2.75, 3.05) is 41.3 Å². The molecule has 0 fully saturated rings. The van der Waals surface area contributed by atoms with Gasteiger partial charge in [-0.2, -0.15) is 0 Å². The van der Waals surface area contributed by atoms with Crippen LogP contribution in [-0.2, 0) is 6.42 Å². The Morgan fingerprint density at radius 3 is 1.60 bits per heavy atom. The maximum atomic E-state index is 12.9. The number of rotatable bonds is 10. The van der Waals surface area contributed by atoms with E-state index in [1.165, 1.54) is 0 Å². The van der Waals surface area contributed by atoms with E-state index in [0.717, 1.165) is 37.1 Å². The van der Waals surface area contributed by atoms with E-state index < -0.39 is 0 Å². The molecule has 0 aromatic heterocycles. The number of benzene rings is 2. The summed E-state index contributed by atoms with van der Waals surface area (Å²) in [5, 5.41) is 0. The maximum absolute atomic E-state index is 12.9. The smallest absolute Gasteiger partial charge is 0.166 e. The number of carbonyl (C=O) groups excluding carboxylic acids is 2. The van der Waals surface area contributed by atoms with Crippen LogP contribution in [0.25, 0.3) is 0 Å². The van der Waals surface area contributed by atoms with E-state index in [-0.39, 0.29) is 11.6 Å². The Labute approximate surface area is 179 Å². The lowest BCUT2D eigenvalue weighted by Crippen LogP contribution is -2.16. The molecule has 160 valence electrons. The average molecular weight is 409 g/mol. The predicted octanol–water partition coefficient (Wildman–Crippen LogP) is 4.43. The van der Waals surface area contributed by atoms with E-state index in [2.05, 4.69) is 9.80 Å². The van der Waals surface area contributed by atoms with E-state index >= 15 is 0 Å². The minimum atomic E-state index is 0.0898. The lowest BCUT2D eigenvalue weighted by Gasteiger charge is -2.24. The summed E-state index contributed by atoms with van der Waals surface area (Å²) < 4.78 is 6.27.